The highest BCUT2D eigenvalue weighted by molar-refractivity contribution is 7.15. The zero-order valence-electron chi connectivity index (χ0n) is 14.0. The van der Waals surface area contributed by atoms with Gasteiger partial charge in [0.15, 0.2) is 6.10 Å². The largest absolute Gasteiger partial charge is 0.480 e. The van der Waals surface area contributed by atoms with Crippen LogP contribution in [-0.4, -0.2) is 22.2 Å². The maximum Gasteiger partial charge on any atom is 0.267 e. The monoisotopic (exact) mass is 333 g/mol. The predicted octanol–water partition coefficient (Wildman–Crippen LogP) is 4.02. The number of carbonyl (C=O) groups is 1. The van der Waals surface area contributed by atoms with Crippen LogP contribution in [0.1, 0.15) is 50.6 Å². The van der Waals surface area contributed by atoms with E-state index in [0.717, 1.165) is 22.7 Å². The number of ether oxygens (including phenoxy) is 1. The Hall–Kier alpha value is -1.95. The standard InChI is InChI=1S/C17H23N3O2S/c1-5-13(16(21)18-17-20-19-15(6-2)23-17)22-14-10-8-7-9-12(14)11(3)4/h7-11,13H,5-6H2,1-4H3,(H,18,20,21)/t13-/m1/s1. The van der Waals surface area contributed by atoms with E-state index in [9.17, 15) is 4.79 Å². The van der Waals surface area contributed by atoms with Crippen molar-refractivity contribution in [1.82, 2.24) is 10.2 Å². The Labute approximate surface area is 141 Å². The first-order valence-electron chi connectivity index (χ1n) is 7.93. The van der Waals surface area contributed by atoms with Crippen LogP contribution in [0.25, 0.3) is 0 Å². The van der Waals surface area contributed by atoms with Crippen LogP contribution >= 0.6 is 11.3 Å². The highest BCUT2D eigenvalue weighted by atomic mass is 32.1. The summed E-state index contributed by atoms with van der Waals surface area (Å²) in [6.45, 7) is 8.15. The fourth-order valence-corrected chi connectivity index (χ4v) is 2.86. The number of aryl methyl sites for hydroxylation is 1. The predicted molar refractivity (Wildman–Crippen MR) is 93.2 cm³/mol. The summed E-state index contributed by atoms with van der Waals surface area (Å²) in [5, 5.41) is 12.2. The van der Waals surface area contributed by atoms with Crippen LogP contribution < -0.4 is 10.1 Å². The number of amides is 1. The highest BCUT2D eigenvalue weighted by Gasteiger charge is 2.21. The molecule has 6 heteroatoms. The molecule has 0 unspecified atom stereocenters. The van der Waals surface area contributed by atoms with Gasteiger partial charge in [0.05, 0.1) is 0 Å². The lowest BCUT2D eigenvalue weighted by Gasteiger charge is -2.20. The van der Waals surface area contributed by atoms with Gasteiger partial charge in [0.1, 0.15) is 10.8 Å². The first kappa shape index (κ1) is 17.4. The van der Waals surface area contributed by atoms with Crippen LogP contribution in [-0.2, 0) is 11.2 Å². The van der Waals surface area contributed by atoms with Crippen molar-refractivity contribution in [1.29, 1.82) is 0 Å². The zero-order chi connectivity index (χ0) is 16.8. The Bertz CT molecular complexity index is 655. The van der Waals surface area contributed by atoms with E-state index in [1.807, 2.05) is 38.1 Å². The van der Waals surface area contributed by atoms with Gasteiger partial charge in [-0.1, -0.05) is 57.2 Å². The van der Waals surface area contributed by atoms with Crippen LogP contribution in [0, 0.1) is 0 Å². The van der Waals surface area contributed by atoms with Crippen LogP contribution in [0.3, 0.4) is 0 Å². The summed E-state index contributed by atoms with van der Waals surface area (Å²) in [5.41, 5.74) is 1.10. The fourth-order valence-electron chi connectivity index (χ4n) is 2.17. The molecule has 0 saturated carbocycles. The van der Waals surface area contributed by atoms with Crippen molar-refractivity contribution in [3.63, 3.8) is 0 Å². The maximum atomic E-state index is 12.4. The number of hydrogen-bond donors (Lipinski definition) is 1. The van der Waals surface area contributed by atoms with Gasteiger partial charge in [-0.3, -0.25) is 10.1 Å². The van der Waals surface area contributed by atoms with E-state index in [4.69, 9.17) is 4.74 Å². The van der Waals surface area contributed by atoms with Crippen molar-refractivity contribution in [2.45, 2.75) is 52.6 Å². The number of benzene rings is 1. The Morgan fingerprint density at radius 2 is 2.00 bits per heavy atom. The quantitative estimate of drug-likeness (QED) is 0.831. The van der Waals surface area contributed by atoms with Gasteiger partial charge < -0.3 is 4.74 Å². The number of hydrogen-bond acceptors (Lipinski definition) is 5. The van der Waals surface area contributed by atoms with Crippen LogP contribution in [0.2, 0.25) is 0 Å². The molecule has 0 saturated heterocycles. The van der Waals surface area contributed by atoms with Gasteiger partial charge in [-0.15, -0.1) is 10.2 Å². The maximum absolute atomic E-state index is 12.4. The molecule has 1 atom stereocenters. The zero-order valence-corrected chi connectivity index (χ0v) is 14.8. The van der Waals surface area contributed by atoms with Crippen LogP contribution in [0.15, 0.2) is 24.3 Å². The fraction of sp³-hybridized carbons (Fsp3) is 0.471. The van der Waals surface area contributed by atoms with E-state index in [0.29, 0.717) is 17.5 Å². The van der Waals surface area contributed by atoms with E-state index in [1.54, 1.807) is 0 Å². The van der Waals surface area contributed by atoms with Gasteiger partial charge in [-0.2, -0.15) is 0 Å². The Kier molecular flexibility index (Phi) is 6.10. The molecule has 1 aromatic heterocycles. The van der Waals surface area contributed by atoms with E-state index in [2.05, 4.69) is 29.4 Å². The van der Waals surface area contributed by atoms with Gasteiger partial charge in [0, 0.05) is 0 Å². The highest BCUT2D eigenvalue weighted by Crippen LogP contribution is 2.27. The van der Waals surface area contributed by atoms with E-state index in [1.165, 1.54) is 11.3 Å². The summed E-state index contributed by atoms with van der Waals surface area (Å²) in [4.78, 5) is 12.4. The number of rotatable bonds is 7. The third-order valence-corrected chi connectivity index (χ3v) is 4.46. The minimum atomic E-state index is -0.552. The first-order chi connectivity index (χ1) is 11.0. The lowest BCUT2D eigenvalue weighted by atomic mass is 10.0. The van der Waals surface area contributed by atoms with E-state index < -0.39 is 6.10 Å². The summed E-state index contributed by atoms with van der Waals surface area (Å²) in [6, 6.07) is 7.84. The number of nitrogens with zero attached hydrogens (tertiary/aromatic N) is 2. The SMILES string of the molecule is CCc1nnc(NC(=O)[C@@H](CC)Oc2ccccc2C(C)C)s1. The lowest BCUT2D eigenvalue weighted by Crippen LogP contribution is -2.32. The van der Waals surface area contributed by atoms with Crippen molar-refractivity contribution in [2.75, 3.05) is 5.32 Å². The average molecular weight is 333 g/mol. The van der Waals surface area contributed by atoms with Crippen LogP contribution in [0.4, 0.5) is 5.13 Å². The molecule has 5 nitrogen and oxygen atoms in total. The topological polar surface area (TPSA) is 64.1 Å². The lowest BCUT2D eigenvalue weighted by molar-refractivity contribution is -0.122. The van der Waals surface area contributed by atoms with E-state index in [-0.39, 0.29) is 5.91 Å². The normalized spacial score (nSPS) is 12.2. The van der Waals surface area contributed by atoms with Crippen molar-refractivity contribution >= 4 is 22.4 Å². The molecular formula is C17H23N3O2S. The second kappa shape index (κ2) is 8.06. The van der Waals surface area contributed by atoms with Crippen molar-refractivity contribution in [2.24, 2.45) is 0 Å². The molecule has 0 aliphatic rings. The Morgan fingerprint density at radius 1 is 1.26 bits per heavy atom. The van der Waals surface area contributed by atoms with Crippen molar-refractivity contribution in [3.8, 4) is 5.75 Å². The third-order valence-electron chi connectivity index (χ3n) is 3.47. The molecule has 0 aliphatic heterocycles. The molecule has 0 fully saturated rings. The minimum absolute atomic E-state index is 0.190. The van der Waals surface area contributed by atoms with Crippen molar-refractivity contribution < 1.29 is 9.53 Å². The Morgan fingerprint density at radius 3 is 2.61 bits per heavy atom. The van der Waals surface area contributed by atoms with E-state index >= 15 is 0 Å². The first-order valence-corrected chi connectivity index (χ1v) is 8.75. The number of anilines is 1. The molecule has 1 aromatic carbocycles. The molecule has 2 rings (SSSR count). The molecule has 1 amide bonds. The second-order valence-corrected chi connectivity index (χ2v) is 6.61. The molecular weight excluding hydrogens is 310 g/mol. The van der Waals surface area contributed by atoms with Gasteiger partial charge in [-0.25, -0.2) is 0 Å². The molecule has 124 valence electrons. The molecule has 0 bridgehead atoms. The number of para-hydroxylation sites is 1. The smallest absolute Gasteiger partial charge is 0.267 e. The van der Waals surface area contributed by atoms with Gasteiger partial charge in [0.25, 0.3) is 5.91 Å². The summed E-state index contributed by atoms with van der Waals surface area (Å²) >= 11 is 1.39. The van der Waals surface area contributed by atoms with Crippen molar-refractivity contribution in [3.05, 3.63) is 34.8 Å². The Balaban J connectivity index is 2.09. The number of nitrogens with one attached hydrogen (secondary N) is 1. The number of aromatic nitrogens is 2. The summed E-state index contributed by atoms with van der Waals surface area (Å²) in [5.74, 6) is 0.905. The molecule has 23 heavy (non-hydrogen) atoms. The molecule has 1 heterocycles. The summed E-state index contributed by atoms with van der Waals surface area (Å²) in [6.07, 6.45) is 0.838. The average Bonchev–Trinajstić information content (AvgIpc) is 3.00. The summed E-state index contributed by atoms with van der Waals surface area (Å²) < 4.78 is 5.97. The molecule has 1 N–H and O–H groups in total. The minimum Gasteiger partial charge on any atom is -0.480 e. The third kappa shape index (κ3) is 4.51. The summed E-state index contributed by atoms with van der Waals surface area (Å²) in [7, 11) is 0. The number of carbonyl (C=O) groups excluding carboxylic acids is 1. The second-order valence-electron chi connectivity index (χ2n) is 5.55. The van der Waals surface area contributed by atoms with Crippen LogP contribution in [0.5, 0.6) is 5.75 Å². The molecule has 2 aromatic rings. The van der Waals surface area contributed by atoms with Gasteiger partial charge in [-0.05, 0) is 30.4 Å². The van der Waals surface area contributed by atoms with Gasteiger partial charge >= 0.3 is 0 Å². The molecule has 0 spiro atoms. The van der Waals surface area contributed by atoms with Gasteiger partial charge in [0.2, 0.25) is 5.13 Å². The molecule has 0 radical (unpaired) electrons. The molecule has 0 aliphatic carbocycles.